The van der Waals surface area contributed by atoms with Crippen LogP contribution in [-0.2, 0) is 0 Å². The molecule has 1 aromatic carbocycles. The first-order chi connectivity index (χ1) is 16.3. The minimum atomic E-state index is -4.44. The number of fused-ring (bicyclic) bond motifs is 1. The van der Waals surface area contributed by atoms with Crippen LogP contribution in [0.2, 0.25) is 0 Å². The first-order valence-corrected chi connectivity index (χ1v) is 12.0. The molecule has 1 fully saturated rings. The van der Waals surface area contributed by atoms with Gasteiger partial charge in [-0.2, -0.15) is 4.99 Å². The lowest BCUT2D eigenvalue weighted by molar-refractivity contribution is -0.230. The average Bonchev–Trinajstić information content (AvgIpc) is 3.41. The van der Waals surface area contributed by atoms with Crippen molar-refractivity contribution in [2.75, 3.05) is 13.2 Å². The van der Waals surface area contributed by atoms with Crippen molar-refractivity contribution in [2.24, 2.45) is 4.99 Å². The number of benzene rings is 1. The molecule has 0 unspecified atom stereocenters. The number of hydrogen-bond acceptors (Lipinski definition) is 6. The number of amidine groups is 1. The number of aryl methyl sites for hydroxylation is 1. The normalized spacial score (nSPS) is 20.9. The summed E-state index contributed by atoms with van der Waals surface area (Å²) in [4.78, 5) is 27.3. The molecular formula is C24H24F3N5OS+. The number of halogens is 3. The smallest absolute Gasteiger partial charge is 0.334 e. The molecule has 2 aromatic rings. The number of carbonyl (C=O) groups is 1. The van der Waals surface area contributed by atoms with E-state index in [0.717, 1.165) is 40.9 Å². The Balaban J connectivity index is 1.35. The third kappa shape index (κ3) is 4.52. The van der Waals surface area contributed by atoms with Crippen LogP contribution in [0, 0.1) is 6.92 Å². The maximum absolute atomic E-state index is 13.7. The fourth-order valence-electron chi connectivity index (χ4n) is 4.58. The summed E-state index contributed by atoms with van der Waals surface area (Å²) in [5.41, 5.74) is 2.12. The lowest BCUT2D eigenvalue weighted by atomic mass is 9.97. The summed E-state index contributed by atoms with van der Waals surface area (Å²) >= 11 is 1.51. The van der Waals surface area contributed by atoms with Gasteiger partial charge in [-0.1, -0.05) is 35.2 Å². The van der Waals surface area contributed by atoms with Crippen molar-refractivity contribution in [2.45, 2.75) is 44.9 Å². The number of hydrogen-bond donors (Lipinski definition) is 0. The van der Waals surface area contributed by atoms with Gasteiger partial charge in [0.25, 0.3) is 11.7 Å². The van der Waals surface area contributed by atoms with Crippen molar-refractivity contribution in [1.82, 2.24) is 19.7 Å². The van der Waals surface area contributed by atoms with Crippen LogP contribution in [0.15, 0.2) is 59.5 Å². The summed E-state index contributed by atoms with van der Waals surface area (Å²) in [6.07, 6.45) is 2.83. The SMILES string of the molecule is Cc1nc(C(=O)N2CCCC[C@H]2CC2=C[N+]3CN(C(F)(F)F)C=CC3=N2)c(-c2ccccc2)s1. The molecule has 1 radical (unpaired) electrons. The van der Waals surface area contributed by atoms with Crippen LogP contribution in [-0.4, -0.2) is 52.1 Å². The number of rotatable bonds is 4. The predicted octanol–water partition coefficient (Wildman–Crippen LogP) is 5.20. The molecule has 1 amide bonds. The Morgan fingerprint density at radius 1 is 1.24 bits per heavy atom. The molecular weight excluding hydrogens is 463 g/mol. The van der Waals surface area contributed by atoms with Crippen LogP contribution < -0.4 is 4.90 Å². The Kier molecular flexibility index (Phi) is 6.03. The van der Waals surface area contributed by atoms with E-state index in [9.17, 15) is 18.0 Å². The number of amides is 1. The van der Waals surface area contributed by atoms with Gasteiger partial charge in [0.1, 0.15) is 11.4 Å². The summed E-state index contributed by atoms with van der Waals surface area (Å²) in [6.45, 7) is 2.20. The molecule has 3 aliphatic rings. The van der Waals surface area contributed by atoms with Crippen molar-refractivity contribution in [3.05, 3.63) is 65.2 Å². The summed E-state index contributed by atoms with van der Waals surface area (Å²) < 4.78 is 39.2. The number of piperidine rings is 1. The molecule has 0 N–H and O–H groups in total. The largest absolute Gasteiger partial charge is 0.488 e. The Bertz CT molecular complexity index is 1170. The molecule has 1 saturated heterocycles. The Labute approximate surface area is 199 Å². The van der Waals surface area contributed by atoms with E-state index in [0.29, 0.717) is 35.1 Å². The molecule has 6 nitrogen and oxygen atoms in total. The van der Waals surface area contributed by atoms with Gasteiger partial charge in [0, 0.05) is 31.3 Å². The van der Waals surface area contributed by atoms with Gasteiger partial charge < -0.3 is 4.90 Å². The van der Waals surface area contributed by atoms with Crippen LogP contribution in [0.1, 0.15) is 41.2 Å². The third-order valence-electron chi connectivity index (χ3n) is 6.20. The molecule has 10 heteroatoms. The molecule has 0 saturated carbocycles. The number of carbonyl (C=O) groups excluding carboxylic acids is 1. The first-order valence-electron chi connectivity index (χ1n) is 11.2. The standard InChI is InChI=1S/C24H24F3N5OS/c1-16-28-21(22(34-16)17-7-3-2-4-8-17)23(33)32-11-6-5-9-19(32)13-18-14-30-15-31(24(25,26)27)12-10-20(30)29-18/h2-4,7-8,10,12,14,19H,5-6,9,11,13,15H2,1H3/q+1/t19-/m0/s1. The quantitative estimate of drug-likeness (QED) is 0.440. The maximum Gasteiger partial charge on any atom is 0.488 e. The Morgan fingerprint density at radius 2 is 2.03 bits per heavy atom. The molecule has 5 rings (SSSR count). The van der Waals surface area contributed by atoms with E-state index in [-0.39, 0.29) is 18.6 Å². The van der Waals surface area contributed by atoms with E-state index in [1.807, 2.05) is 42.2 Å². The van der Waals surface area contributed by atoms with Gasteiger partial charge in [0.15, 0.2) is 6.20 Å². The highest BCUT2D eigenvalue weighted by molar-refractivity contribution is 7.15. The number of aliphatic imine (C=N–C) groups is 1. The molecule has 0 spiro atoms. The van der Waals surface area contributed by atoms with Gasteiger partial charge in [-0.05, 0) is 31.7 Å². The molecule has 177 valence electrons. The van der Waals surface area contributed by atoms with E-state index < -0.39 is 6.30 Å². The molecule has 0 aliphatic carbocycles. The van der Waals surface area contributed by atoms with Crippen LogP contribution in [0.4, 0.5) is 13.2 Å². The average molecular weight is 488 g/mol. The predicted molar refractivity (Wildman–Crippen MR) is 125 cm³/mol. The summed E-state index contributed by atoms with van der Waals surface area (Å²) in [5.74, 6) is 0.394. The van der Waals surface area contributed by atoms with Crippen LogP contribution in [0.25, 0.3) is 10.4 Å². The van der Waals surface area contributed by atoms with E-state index in [1.165, 1.54) is 22.3 Å². The Morgan fingerprint density at radius 3 is 2.79 bits per heavy atom. The van der Waals surface area contributed by atoms with E-state index in [4.69, 9.17) is 0 Å². The van der Waals surface area contributed by atoms with E-state index in [2.05, 4.69) is 9.98 Å². The van der Waals surface area contributed by atoms with Gasteiger partial charge in [-0.15, -0.1) is 24.5 Å². The summed E-state index contributed by atoms with van der Waals surface area (Å²) in [6, 6.07) is 9.70. The zero-order chi connectivity index (χ0) is 23.9. The molecule has 4 heterocycles. The summed E-state index contributed by atoms with van der Waals surface area (Å²) in [5, 5.41) is 0.832. The van der Waals surface area contributed by atoms with Crippen molar-refractivity contribution in [3.63, 3.8) is 0 Å². The minimum absolute atomic E-state index is 0.0773. The van der Waals surface area contributed by atoms with Crippen molar-refractivity contribution < 1.29 is 18.0 Å². The number of aromatic nitrogens is 1. The second kappa shape index (κ2) is 8.99. The van der Waals surface area contributed by atoms with E-state index in [1.54, 1.807) is 6.20 Å². The highest BCUT2D eigenvalue weighted by Crippen LogP contribution is 2.34. The maximum atomic E-state index is 13.7. The van der Waals surface area contributed by atoms with Crippen LogP contribution in [0.3, 0.4) is 0 Å². The number of thiazole rings is 1. The van der Waals surface area contributed by atoms with Crippen molar-refractivity contribution in [3.8, 4) is 10.4 Å². The van der Waals surface area contributed by atoms with E-state index >= 15 is 0 Å². The fraction of sp³-hybridized carbons (Fsp3) is 0.375. The molecule has 3 aliphatic heterocycles. The number of nitrogens with zero attached hydrogens (tertiary/aromatic N) is 5. The Hall–Kier alpha value is -2.98. The van der Waals surface area contributed by atoms with Crippen molar-refractivity contribution >= 4 is 23.1 Å². The van der Waals surface area contributed by atoms with Crippen LogP contribution in [0.5, 0.6) is 0 Å². The van der Waals surface area contributed by atoms with Crippen LogP contribution >= 0.6 is 11.3 Å². The highest BCUT2D eigenvalue weighted by atomic mass is 32.1. The number of likely N-dealkylation sites (tertiary alicyclic amines) is 1. The molecule has 1 atom stereocenters. The molecule has 34 heavy (non-hydrogen) atoms. The molecule has 1 aromatic heterocycles. The third-order valence-corrected chi connectivity index (χ3v) is 7.22. The van der Waals surface area contributed by atoms with Gasteiger partial charge in [0.2, 0.25) is 6.67 Å². The van der Waals surface area contributed by atoms with Crippen molar-refractivity contribution in [1.29, 1.82) is 0 Å². The summed E-state index contributed by atoms with van der Waals surface area (Å²) in [7, 11) is 0. The number of alkyl halides is 3. The van der Waals surface area contributed by atoms with Gasteiger partial charge in [-0.3, -0.25) is 4.79 Å². The van der Waals surface area contributed by atoms with Gasteiger partial charge >= 0.3 is 6.30 Å². The van der Waals surface area contributed by atoms with Gasteiger partial charge in [-0.25, -0.2) is 9.88 Å². The second-order valence-electron chi connectivity index (χ2n) is 8.58. The lowest BCUT2D eigenvalue weighted by Gasteiger charge is -2.35. The first kappa shape index (κ1) is 22.8. The molecule has 0 bridgehead atoms. The zero-order valence-corrected chi connectivity index (χ0v) is 19.4. The van der Waals surface area contributed by atoms with Gasteiger partial charge in [0.05, 0.1) is 9.88 Å². The lowest BCUT2D eigenvalue weighted by Crippen LogP contribution is -2.47. The fourth-order valence-corrected chi connectivity index (χ4v) is 5.49. The minimum Gasteiger partial charge on any atom is -0.334 e. The topological polar surface area (TPSA) is 54.7 Å². The second-order valence-corrected chi connectivity index (χ2v) is 9.79. The highest BCUT2D eigenvalue weighted by Gasteiger charge is 2.44. The zero-order valence-electron chi connectivity index (χ0n) is 18.6. The monoisotopic (exact) mass is 487 g/mol.